The van der Waals surface area contributed by atoms with Gasteiger partial charge in [0.1, 0.15) is 11.4 Å². The zero-order chi connectivity index (χ0) is 31.9. The van der Waals surface area contributed by atoms with E-state index in [-0.39, 0.29) is 25.0 Å². The van der Waals surface area contributed by atoms with Crippen molar-refractivity contribution in [3.63, 3.8) is 0 Å². The molecular formula is C33H38ClN5O5. The number of likely N-dealkylation sites (tertiary alicyclic amines) is 1. The molecular weight excluding hydrogens is 582 g/mol. The molecule has 1 aliphatic heterocycles. The molecule has 0 radical (unpaired) electrons. The number of carbonyl (C=O) groups excluding carboxylic acids is 2. The van der Waals surface area contributed by atoms with Crippen molar-refractivity contribution < 1.29 is 24.2 Å². The Morgan fingerprint density at radius 1 is 1.11 bits per heavy atom. The van der Waals surface area contributed by atoms with Gasteiger partial charge in [-0.3, -0.25) is 14.3 Å². The molecule has 1 fully saturated rings. The van der Waals surface area contributed by atoms with Crippen LogP contribution in [-0.4, -0.2) is 68.3 Å². The Kier molecular flexibility index (Phi) is 8.74. The average molecular weight is 620 g/mol. The van der Waals surface area contributed by atoms with Crippen LogP contribution < -0.4 is 10.1 Å². The molecule has 232 valence electrons. The highest BCUT2D eigenvalue weighted by Crippen LogP contribution is 2.40. The topological polar surface area (TPSA) is 130 Å². The Morgan fingerprint density at radius 3 is 2.45 bits per heavy atom. The molecule has 5 rings (SSSR count). The second-order valence-corrected chi connectivity index (χ2v) is 12.0. The van der Waals surface area contributed by atoms with Crippen molar-refractivity contribution in [2.75, 3.05) is 19.7 Å². The number of hydrogen-bond donors (Lipinski definition) is 3. The monoisotopic (exact) mass is 619 g/mol. The van der Waals surface area contributed by atoms with Crippen molar-refractivity contribution in [2.45, 2.75) is 59.9 Å². The summed E-state index contributed by atoms with van der Waals surface area (Å²) in [6, 6.07) is 7.50. The van der Waals surface area contributed by atoms with Gasteiger partial charge in [-0.25, -0.2) is 4.79 Å². The quantitative estimate of drug-likeness (QED) is 0.184. The van der Waals surface area contributed by atoms with Gasteiger partial charge < -0.3 is 25.0 Å². The molecule has 0 unspecified atom stereocenters. The number of benzene rings is 2. The fourth-order valence-electron chi connectivity index (χ4n) is 6.10. The van der Waals surface area contributed by atoms with Crippen molar-refractivity contribution in [1.29, 1.82) is 0 Å². The highest BCUT2D eigenvalue weighted by Gasteiger charge is 2.32. The summed E-state index contributed by atoms with van der Waals surface area (Å²) in [5.74, 6) is -1.97. The van der Waals surface area contributed by atoms with Gasteiger partial charge in [-0.05, 0) is 94.3 Å². The van der Waals surface area contributed by atoms with Crippen LogP contribution in [0, 0.1) is 34.6 Å². The minimum Gasteiger partial charge on any atom is -0.494 e. The first kappa shape index (κ1) is 31.1. The number of amides is 2. The molecule has 0 bridgehead atoms. The number of aromatic amines is 1. The molecule has 0 spiro atoms. The number of aryl methyl sites for hydroxylation is 5. The summed E-state index contributed by atoms with van der Waals surface area (Å²) < 4.78 is 7.93. The van der Waals surface area contributed by atoms with Crippen LogP contribution in [-0.2, 0) is 23.1 Å². The summed E-state index contributed by atoms with van der Waals surface area (Å²) in [6.07, 6.45) is 1.69. The lowest BCUT2D eigenvalue weighted by atomic mass is 9.98. The number of halogens is 1. The Labute approximate surface area is 261 Å². The Morgan fingerprint density at radius 2 is 1.82 bits per heavy atom. The lowest BCUT2D eigenvalue weighted by Crippen LogP contribution is -2.40. The van der Waals surface area contributed by atoms with Crippen LogP contribution in [0.15, 0.2) is 24.3 Å². The van der Waals surface area contributed by atoms with Gasteiger partial charge >= 0.3 is 11.9 Å². The van der Waals surface area contributed by atoms with Crippen molar-refractivity contribution in [3.05, 3.63) is 68.6 Å². The Hall–Kier alpha value is -4.31. The van der Waals surface area contributed by atoms with Gasteiger partial charge in [-0.1, -0.05) is 17.7 Å². The van der Waals surface area contributed by atoms with Crippen LogP contribution in [0.3, 0.4) is 0 Å². The highest BCUT2D eigenvalue weighted by molar-refractivity contribution is 6.35. The minimum atomic E-state index is -1.50. The van der Waals surface area contributed by atoms with Gasteiger partial charge in [0.15, 0.2) is 0 Å². The second-order valence-electron chi connectivity index (χ2n) is 11.6. The molecule has 44 heavy (non-hydrogen) atoms. The number of fused-ring (bicyclic) bond motifs is 1. The summed E-state index contributed by atoms with van der Waals surface area (Å²) in [6.45, 7) is 11.0. The first-order valence-corrected chi connectivity index (χ1v) is 15.1. The summed E-state index contributed by atoms with van der Waals surface area (Å²) in [7, 11) is 1.88. The number of H-pyrrole nitrogens is 1. The zero-order valence-corrected chi connectivity index (χ0v) is 26.7. The third-order valence-corrected chi connectivity index (χ3v) is 9.07. The van der Waals surface area contributed by atoms with E-state index in [4.69, 9.17) is 21.4 Å². The first-order chi connectivity index (χ1) is 20.9. The number of aromatic nitrogens is 3. The van der Waals surface area contributed by atoms with Gasteiger partial charge in [0.2, 0.25) is 0 Å². The number of aliphatic carboxylic acids is 1. The molecule has 4 aromatic rings. The maximum absolute atomic E-state index is 13.8. The van der Waals surface area contributed by atoms with E-state index < -0.39 is 11.9 Å². The fraction of sp³-hybridized carbons (Fsp3) is 0.394. The molecule has 3 heterocycles. The predicted octanol–water partition coefficient (Wildman–Crippen LogP) is 5.19. The SMILES string of the molecule is Cc1cc(OCCCc2c(C(=O)N[C@H]3CCN(C(=O)C(=O)O)C3)[nH]c3c(-c4c(C)nn(C)c4C)c(Cl)ccc23)cc(C)c1C. The lowest BCUT2D eigenvalue weighted by molar-refractivity contribution is -0.155. The molecule has 0 aliphatic carbocycles. The molecule has 2 amide bonds. The Balaban J connectivity index is 1.47. The van der Waals surface area contributed by atoms with E-state index in [1.54, 1.807) is 0 Å². The molecule has 1 saturated heterocycles. The summed E-state index contributed by atoms with van der Waals surface area (Å²) in [4.78, 5) is 41.5. The van der Waals surface area contributed by atoms with Crippen LogP contribution in [0.5, 0.6) is 5.75 Å². The second kappa shape index (κ2) is 12.4. The van der Waals surface area contributed by atoms with Crippen LogP contribution >= 0.6 is 11.6 Å². The van der Waals surface area contributed by atoms with E-state index in [0.717, 1.165) is 44.7 Å². The van der Waals surface area contributed by atoms with Gasteiger partial charge in [-0.2, -0.15) is 5.10 Å². The molecule has 1 aliphatic rings. The van der Waals surface area contributed by atoms with Gasteiger partial charge in [0.25, 0.3) is 5.91 Å². The molecule has 11 heteroatoms. The number of carboxylic acids is 1. The standard InChI is InChI=1S/C33H38ClN5O5/c1-17-14-23(15-18(2)19(17)3)44-13-7-8-24-25-9-10-26(34)28(27-20(4)37-38(6)21(27)5)29(25)36-30(24)31(40)35-22-11-12-39(16-22)32(41)33(42)43/h9-10,14-15,22,36H,7-8,11-13,16H2,1-6H3,(H,35,40)(H,42,43)/t22-/m0/s1. The normalized spacial score (nSPS) is 14.8. The van der Waals surface area contributed by atoms with Crippen LogP contribution in [0.1, 0.15) is 57.0 Å². The van der Waals surface area contributed by atoms with E-state index in [9.17, 15) is 14.4 Å². The van der Waals surface area contributed by atoms with Gasteiger partial charge in [0, 0.05) is 48.4 Å². The zero-order valence-electron chi connectivity index (χ0n) is 25.9. The molecule has 2 aromatic carbocycles. The number of nitrogens with zero attached hydrogens (tertiary/aromatic N) is 3. The summed E-state index contributed by atoms with van der Waals surface area (Å²) >= 11 is 6.81. The van der Waals surface area contributed by atoms with E-state index in [1.165, 1.54) is 21.6 Å². The molecule has 0 saturated carbocycles. The largest absolute Gasteiger partial charge is 0.494 e. The van der Waals surface area contributed by atoms with Crippen molar-refractivity contribution in [2.24, 2.45) is 7.05 Å². The highest BCUT2D eigenvalue weighted by atomic mass is 35.5. The first-order valence-electron chi connectivity index (χ1n) is 14.7. The molecule has 1 atom stereocenters. The molecule has 2 aromatic heterocycles. The van der Waals surface area contributed by atoms with Crippen molar-refractivity contribution in [1.82, 2.24) is 25.0 Å². The minimum absolute atomic E-state index is 0.140. The van der Waals surface area contributed by atoms with Gasteiger partial charge in [-0.15, -0.1) is 0 Å². The van der Waals surface area contributed by atoms with Crippen LogP contribution in [0.25, 0.3) is 22.0 Å². The number of carboxylic acid groups (broad SMARTS) is 1. The Bertz CT molecular complexity index is 1770. The predicted molar refractivity (Wildman–Crippen MR) is 170 cm³/mol. The number of hydrogen-bond acceptors (Lipinski definition) is 5. The maximum Gasteiger partial charge on any atom is 0.394 e. The van der Waals surface area contributed by atoms with Crippen molar-refractivity contribution in [3.8, 4) is 16.9 Å². The summed E-state index contributed by atoms with van der Waals surface area (Å²) in [5, 5.41) is 18.1. The summed E-state index contributed by atoms with van der Waals surface area (Å²) in [5.41, 5.74) is 9.07. The number of carbonyl (C=O) groups is 3. The van der Waals surface area contributed by atoms with Crippen LogP contribution in [0.4, 0.5) is 0 Å². The molecule has 10 nitrogen and oxygen atoms in total. The third-order valence-electron chi connectivity index (χ3n) is 8.75. The number of nitrogens with one attached hydrogen (secondary N) is 2. The lowest BCUT2D eigenvalue weighted by Gasteiger charge is -2.15. The number of ether oxygens (including phenoxy) is 1. The third kappa shape index (κ3) is 5.91. The number of rotatable bonds is 8. The van der Waals surface area contributed by atoms with E-state index >= 15 is 0 Å². The van der Waals surface area contributed by atoms with Gasteiger partial charge in [0.05, 0.1) is 22.8 Å². The maximum atomic E-state index is 13.8. The smallest absolute Gasteiger partial charge is 0.394 e. The van der Waals surface area contributed by atoms with E-state index in [1.807, 2.05) is 49.8 Å². The van der Waals surface area contributed by atoms with E-state index in [0.29, 0.717) is 36.6 Å². The fourth-order valence-corrected chi connectivity index (χ4v) is 6.35. The molecule has 3 N–H and O–H groups in total. The van der Waals surface area contributed by atoms with Crippen LogP contribution in [0.2, 0.25) is 5.02 Å². The average Bonchev–Trinajstić information content (AvgIpc) is 3.65. The van der Waals surface area contributed by atoms with E-state index in [2.05, 4.69) is 36.2 Å². The van der Waals surface area contributed by atoms with Crippen molar-refractivity contribution >= 4 is 40.3 Å².